The summed E-state index contributed by atoms with van der Waals surface area (Å²) in [5, 5.41) is 11.3. The Balaban J connectivity index is 1.56. The molecule has 2 N–H and O–H groups in total. The molecule has 1 saturated heterocycles. The number of H-pyrrole nitrogens is 1. The Bertz CT molecular complexity index is 1710. The first-order valence-corrected chi connectivity index (χ1v) is 13.1. The molecule has 1 fully saturated rings. The van der Waals surface area contributed by atoms with E-state index in [-0.39, 0.29) is 42.3 Å². The number of nitrogens with zero attached hydrogens (tertiary/aromatic N) is 6. The number of hydrogen-bond donors (Lipinski definition) is 2. The zero-order chi connectivity index (χ0) is 31.1. The number of amides is 1. The highest BCUT2D eigenvalue weighted by molar-refractivity contribution is 6.07. The van der Waals surface area contributed by atoms with E-state index >= 15 is 8.78 Å². The Labute approximate surface area is 242 Å². The molecule has 1 amide bonds. The van der Waals surface area contributed by atoms with Crippen molar-refractivity contribution in [2.24, 2.45) is 0 Å². The van der Waals surface area contributed by atoms with Crippen molar-refractivity contribution >= 4 is 28.7 Å². The molecule has 3 aromatic rings. The lowest BCUT2D eigenvalue weighted by Gasteiger charge is -2.40. The van der Waals surface area contributed by atoms with E-state index < -0.39 is 51.7 Å². The largest absolute Gasteiger partial charge is 0.417 e. The summed E-state index contributed by atoms with van der Waals surface area (Å²) >= 11 is 0. The number of likely N-dealkylation sites (N-methyl/N-ethyl adjacent to an activating group) is 1. The summed E-state index contributed by atoms with van der Waals surface area (Å²) < 4.78 is 73.2. The third kappa shape index (κ3) is 5.91. The second kappa shape index (κ2) is 11.4. The topological polar surface area (TPSA) is 121 Å². The van der Waals surface area contributed by atoms with E-state index in [4.69, 9.17) is 5.26 Å². The van der Waals surface area contributed by atoms with Crippen LogP contribution in [0.5, 0.6) is 0 Å². The average molecular weight is 601 g/mol. The first-order chi connectivity index (χ1) is 20.4. The minimum absolute atomic E-state index is 0.00780. The van der Waals surface area contributed by atoms with E-state index in [1.54, 1.807) is 15.9 Å². The molecule has 2 aliphatic rings. The summed E-state index contributed by atoms with van der Waals surface area (Å²) in [6.45, 7) is 3.29. The van der Waals surface area contributed by atoms with Crippen LogP contribution in [0.3, 0.4) is 0 Å². The van der Waals surface area contributed by atoms with Gasteiger partial charge in [-0.15, -0.1) is 0 Å². The van der Waals surface area contributed by atoms with Gasteiger partial charge in [0.2, 0.25) is 11.4 Å². The van der Waals surface area contributed by atoms with Crippen molar-refractivity contribution in [3.63, 3.8) is 0 Å². The molecule has 43 heavy (non-hydrogen) atoms. The molecule has 0 aliphatic carbocycles. The predicted molar refractivity (Wildman–Crippen MR) is 148 cm³/mol. The van der Waals surface area contributed by atoms with Crippen molar-refractivity contribution < 1.29 is 26.7 Å². The fourth-order valence-electron chi connectivity index (χ4n) is 5.10. The van der Waals surface area contributed by atoms with Crippen molar-refractivity contribution in [1.29, 1.82) is 5.26 Å². The number of benzene rings is 1. The maximum atomic E-state index is 16.4. The van der Waals surface area contributed by atoms with Gasteiger partial charge >= 0.3 is 6.18 Å². The van der Waals surface area contributed by atoms with Crippen LogP contribution in [-0.2, 0) is 6.18 Å². The molecule has 2 aliphatic heterocycles. The molecule has 1 aromatic carbocycles. The van der Waals surface area contributed by atoms with Gasteiger partial charge in [0.1, 0.15) is 23.4 Å². The number of halogens is 5. The van der Waals surface area contributed by atoms with Crippen molar-refractivity contribution in [3.05, 3.63) is 81.2 Å². The lowest BCUT2D eigenvalue weighted by atomic mass is 10.0. The Hall–Kier alpha value is -4.84. The molecular formula is C28H25F5N8O2. The Morgan fingerprint density at radius 2 is 1.98 bits per heavy atom. The Morgan fingerprint density at radius 1 is 1.21 bits per heavy atom. The lowest BCUT2D eigenvalue weighted by molar-refractivity contribution is -0.138. The van der Waals surface area contributed by atoms with Gasteiger partial charge in [0.25, 0.3) is 5.91 Å². The SMILES string of the molecule is C[C@H]1CN(c2cc(F)c(C3=CCN(c4ccnc(C#N)n4)C3)c(F)c2NC(=O)c2c[nH]c(=O)cc2C(F)(F)F)CCN1C. The molecule has 5 rings (SSSR count). The van der Waals surface area contributed by atoms with Gasteiger partial charge in [-0.2, -0.15) is 18.4 Å². The number of aromatic amines is 1. The van der Waals surface area contributed by atoms with Crippen LogP contribution in [0, 0.1) is 23.0 Å². The molecule has 0 radical (unpaired) electrons. The van der Waals surface area contributed by atoms with E-state index in [0.717, 1.165) is 6.07 Å². The smallest absolute Gasteiger partial charge is 0.367 e. The molecular weight excluding hydrogens is 575 g/mol. The summed E-state index contributed by atoms with van der Waals surface area (Å²) in [6.07, 6.45) is -1.50. The zero-order valence-corrected chi connectivity index (χ0v) is 23.0. The number of anilines is 3. The van der Waals surface area contributed by atoms with Crippen LogP contribution in [0.25, 0.3) is 5.57 Å². The predicted octanol–water partition coefficient (Wildman–Crippen LogP) is 3.63. The zero-order valence-electron chi connectivity index (χ0n) is 23.0. The first kappa shape index (κ1) is 29.6. The van der Waals surface area contributed by atoms with Crippen LogP contribution < -0.4 is 20.7 Å². The fourth-order valence-corrected chi connectivity index (χ4v) is 5.10. The second-order valence-electron chi connectivity index (χ2n) is 10.3. The monoisotopic (exact) mass is 600 g/mol. The van der Waals surface area contributed by atoms with Gasteiger partial charge < -0.3 is 25.0 Å². The van der Waals surface area contributed by atoms with Crippen molar-refractivity contribution in [3.8, 4) is 6.07 Å². The molecule has 4 heterocycles. The molecule has 224 valence electrons. The Kier molecular flexibility index (Phi) is 7.89. The highest BCUT2D eigenvalue weighted by atomic mass is 19.4. The van der Waals surface area contributed by atoms with Gasteiger partial charge in [-0.1, -0.05) is 6.08 Å². The maximum absolute atomic E-state index is 16.4. The van der Waals surface area contributed by atoms with Crippen molar-refractivity contribution in [2.75, 3.05) is 54.9 Å². The highest BCUT2D eigenvalue weighted by Gasteiger charge is 2.37. The molecule has 2 aromatic heterocycles. The number of carbonyl (C=O) groups is 1. The Morgan fingerprint density at radius 3 is 2.67 bits per heavy atom. The summed E-state index contributed by atoms with van der Waals surface area (Å²) in [5.41, 5.74) is -4.28. The van der Waals surface area contributed by atoms with Crippen LogP contribution in [-0.4, -0.2) is 71.6 Å². The number of aromatic nitrogens is 3. The summed E-state index contributed by atoms with van der Waals surface area (Å²) in [7, 11) is 1.89. The standard InChI is InChI=1S/C28H25F5N8O2/c1-15-13-40(8-7-39(15)2)20-10-19(29)24(16-4-6-41(14-16)22-3-5-35-21(11-34)37-22)25(30)26(20)38-27(43)17-12-36-23(42)9-18(17)28(31,32)33/h3-5,9-10,12,15H,6-8,13-14H2,1-2H3,(H,36,42)(H,38,43)/t15-/m0/s1. The number of alkyl halides is 3. The molecule has 0 spiro atoms. The number of hydrogen-bond acceptors (Lipinski definition) is 8. The van der Waals surface area contributed by atoms with Gasteiger partial charge in [-0.05, 0) is 25.6 Å². The molecule has 0 saturated carbocycles. The van der Waals surface area contributed by atoms with E-state index in [2.05, 4.69) is 15.3 Å². The van der Waals surface area contributed by atoms with E-state index in [1.165, 1.54) is 12.3 Å². The normalized spacial score (nSPS) is 17.5. The third-order valence-corrected chi connectivity index (χ3v) is 7.52. The number of nitriles is 1. The molecule has 1 atom stereocenters. The highest BCUT2D eigenvalue weighted by Crippen LogP contribution is 2.39. The fraction of sp³-hybridized carbons (Fsp3) is 0.321. The minimum Gasteiger partial charge on any atom is -0.367 e. The van der Waals surface area contributed by atoms with Gasteiger partial charge in [0.15, 0.2) is 5.82 Å². The number of piperazine rings is 1. The van der Waals surface area contributed by atoms with E-state index in [9.17, 15) is 22.8 Å². The number of pyridine rings is 1. The molecule has 10 nitrogen and oxygen atoms in total. The molecule has 15 heteroatoms. The van der Waals surface area contributed by atoms with Crippen LogP contribution in [0.1, 0.15) is 34.2 Å². The lowest BCUT2D eigenvalue weighted by Crippen LogP contribution is -2.50. The van der Waals surface area contributed by atoms with Gasteiger partial charge in [-0.3, -0.25) is 9.59 Å². The summed E-state index contributed by atoms with van der Waals surface area (Å²) in [6, 6.07) is 4.64. The summed E-state index contributed by atoms with van der Waals surface area (Å²) in [5.74, 6) is -3.16. The molecule has 0 unspecified atom stereocenters. The van der Waals surface area contributed by atoms with Gasteiger partial charge in [0, 0.05) is 63.3 Å². The third-order valence-electron chi connectivity index (χ3n) is 7.52. The minimum atomic E-state index is -5.05. The quantitative estimate of drug-likeness (QED) is 0.426. The van der Waals surface area contributed by atoms with Crippen molar-refractivity contribution in [2.45, 2.75) is 19.1 Å². The van der Waals surface area contributed by atoms with E-state index in [1.807, 2.05) is 29.9 Å². The maximum Gasteiger partial charge on any atom is 0.417 e. The van der Waals surface area contributed by atoms with Crippen LogP contribution in [0.2, 0.25) is 0 Å². The number of carbonyl (C=O) groups excluding carboxylic acids is 1. The summed E-state index contributed by atoms with van der Waals surface area (Å²) in [4.78, 5) is 40.1. The van der Waals surface area contributed by atoms with Crippen LogP contribution in [0.4, 0.5) is 39.1 Å². The number of nitrogens with one attached hydrogen (secondary N) is 2. The van der Waals surface area contributed by atoms with Crippen LogP contribution >= 0.6 is 0 Å². The average Bonchev–Trinajstić information content (AvgIpc) is 3.45. The molecule has 0 bridgehead atoms. The van der Waals surface area contributed by atoms with Crippen molar-refractivity contribution in [1.82, 2.24) is 19.9 Å². The van der Waals surface area contributed by atoms with Gasteiger partial charge in [-0.25, -0.2) is 18.7 Å². The van der Waals surface area contributed by atoms with E-state index in [0.29, 0.717) is 31.6 Å². The van der Waals surface area contributed by atoms with Crippen LogP contribution in [0.15, 0.2) is 41.5 Å². The first-order valence-electron chi connectivity index (χ1n) is 13.1. The number of rotatable bonds is 5. The second-order valence-corrected chi connectivity index (χ2v) is 10.3. The van der Waals surface area contributed by atoms with Gasteiger partial charge in [0.05, 0.1) is 22.4 Å².